The molecule has 0 N–H and O–H groups in total. The van der Waals surface area contributed by atoms with Crippen molar-refractivity contribution in [2.75, 3.05) is 5.75 Å². The van der Waals surface area contributed by atoms with Crippen LogP contribution >= 0.6 is 0 Å². The van der Waals surface area contributed by atoms with Crippen LogP contribution in [0.5, 0.6) is 0 Å². The number of carbonyl (C=O) groups is 1. The first-order valence-corrected chi connectivity index (χ1v) is 6.45. The van der Waals surface area contributed by atoms with E-state index >= 15 is 0 Å². The van der Waals surface area contributed by atoms with E-state index in [2.05, 4.69) is 0 Å². The minimum Gasteiger partial charge on any atom is -0.299 e. The highest BCUT2D eigenvalue weighted by Gasteiger charge is 2.15. The van der Waals surface area contributed by atoms with Gasteiger partial charge in [0, 0.05) is 0 Å². The predicted octanol–water partition coefficient (Wildman–Crippen LogP) is 2.08. The van der Waals surface area contributed by atoms with Crippen molar-refractivity contribution in [3.8, 4) is 0 Å². The fraction of sp³-hybridized carbons (Fsp3) is 0.364. The highest BCUT2D eigenvalue weighted by molar-refractivity contribution is 7.92. The maximum Gasteiger partial charge on any atom is 0.185 e. The Morgan fingerprint density at radius 1 is 1.13 bits per heavy atom. The monoisotopic (exact) mass is 228 g/mol. The third-order valence-electron chi connectivity index (χ3n) is 1.50. The van der Waals surface area contributed by atoms with E-state index in [-0.39, 0.29) is 10.7 Å². The first-order chi connectivity index (χ1) is 7.02. The highest BCUT2D eigenvalue weighted by Crippen LogP contribution is 2.09. The standard InChI is InChI=1S/C9H10O3S.C2H6/c1-8(10)7-13(11,12)9-5-3-2-4-6-9;1-2/h2-6H,7H2,1H3;1-2H3. The molecule has 1 aromatic carbocycles. The summed E-state index contributed by atoms with van der Waals surface area (Å²) in [5.74, 6) is -0.763. The Balaban J connectivity index is 0.000000921. The van der Waals surface area contributed by atoms with Crippen molar-refractivity contribution in [2.45, 2.75) is 25.7 Å². The lowest BCUT2D eigenvalue weighted by atomic mass is 10.4. The molecule has 4 heteroatoms. The van der Waals surface area contributed by atoms with Crippen LogP contribution in [-0.4, -0.2) is 20.0 Å². The normalized spacial score (nSPS) is 10.1. The molecule has 0 aliphatic rings. The molecule has 0 saturated carbocycles. The van der Waals surface area contributed by atoms with Crippen LogP contribution < -0.4 is 0 Å². The minimum absolute atomic E-state index is 0.199. The van der Waals surface area contributed by atoms with Crippen molar-refractivity contribution < 1.29 is 13.2 Å². The topological polar surface area (TPSA) is 51.2 Å². The second kappa shape index (κ2) is 6.35. The van der Waals surface area contributed by atoms with Gasteiger partial charge >= 0.3 is 0 Å². The first-order valence-electron chi connectivity index (χ1n) is 4.79. The van der Waals surface area contributed by atoms with Gasteiger partial charge in [-0.05, 0) is 19.1 Å². The number of Topliss-reactive ketones (excluding diaryl/α,β-unsaturated/α-hetero) is 1. The molecular weight excluding hydrogens is 212 g/mol. The van der Waals surface area contributed by atoms with E-state index in [0.717, 1.165) is 0 Å². The van der Waals surface area contributed by atoms with E-state index < -0.39 is 15.6 Å². The third-order valence-corrected chi connectivity index (χ3v) is 3.27. The van der Waals surface area contributed by atoms with E-state index in [9.17, 15) is 13.2 Å². The Hall–Kier alpha value is -1.16. The van der Waals surface area contributed by atoms with E-state index in [1.54, 1.807) is 18.2 Å². The molecule has 0 bridgehead atoms. The fourth-order valence-corrected chi connectivity index (χ4v) is 2.25. The molecule has 3 nitrogen and oxygen atoms in total. The van der Waals surface area contributed by atoms with Gasteiger partial charge in [-0.3, -0.25) is 4.79 Å². The van der Waals surface area contributed by atoms with Crippen molar-refractivity contribution in [1.82, 2.24) is 0 Å². The molecule has 0 heterocycles. The van der Waals surface area contributed by atoms with Crippen LogP contribution in [0.1, 0.15) is 20.8 Å². The summed E-state index contributed by atoms with van der Waals surface area (Å²) in [5, 5.41) is 0. The Labute approximate surface area is 91.0 Å². The quantitative estimate of drug-likeness (QED) is 0.795. The van der Waals surface area contributed by atoms with Crippen molar-refractivity contribution in [2.24, 2.45) is 0 Å². The molecule has 0 aliphatic carbocycles. The van der Waals surface area contributed by atoms with Gasteiger partial charge < -0.3 is 0 Å². The lowest BCUT2D eigenvalue weighted by molar-refractivity contribution is -0.114. The van der Waals surface area contributed by atoms with Crippen LogP contribution in [0.15, 0.2) is 35.2 Å². The third kappa shape index (κ3) is 4.74. The van der Waals surface area contributed by atoms with Gasteiger partial charge in [-0.15, -0.1) is 0 Å². The number of hydrogen-bond acceptors (Lipinski definition) is 3. The maximum atomic E-state index is 11.4. The summed E-state index contributed by atoms with van der Waals surface area (Å²) < 4.78 is 22.8. The molecular formula is C11H16O3S. The van der Waals surface area contributed by atoms with E-state index in [4.69, 9.17) is 0 Å². The summed E-state index contributed by atoms with van der Waals surface area (Å²) in [6, 6.07) is 7.96. The molecule has 15 heavy (non-hydrogen) atoms. The largest absolute Gasteiger partial charge is 0.299 e. The van der Waals surface area contributed by atoms with Gasteiger partial charge in [-0.1, -0.05) is 32.0 Å². The number of sulfone groups is 1. The lowest BCUT2D eigenvalue weighted by Gasteiger charge is -2.00. The van der Waals surface area contributed by atoms with Gasteiger partial charge in [0.1, 0.15) is 11.5 Å². The van der Waals surface area contributed by atoms with Crippen molar-refractivity contribution in [1.29, 1.82) is 0 Å². The van der Waals surface area contributed by atoms with Crippen LogP contribution in [0, 0.1) is 0 Å². The van der Waals surface area contributed by atoms with Crippen LogP contribution in [-0.2, 0) is 14.6 Å². The predicted molar refractivity (Wildman–Crippen MR) is 60.5 cm³/mol. The van der Waals surface area contributed by atoms with Crippen molar-refractivity contribution in [3.05, 3.63) is 30.3 Å². The summed E-state index contributed by atoms with van der Waals surface area (Å²) >= 11 is 0. The second-order valence-corrected chi connectivity index (χ2v) is 4.76. The molecule has 0 spiro atoms. The summed E-state index contributed by atoms with van der Waals surface area (Å²) in [4.78, 5) is 10.9. The molecule has 0 saturated heterocycles. The van der Waals surface area contributed by atoms with E-state index in [1.165, 1.54) is 19.1 Å². The van der Waals surface area contributed by atoms with Gasteiger partial charge in [0.15, 0.2) is 9.84 Å². The van der Waals surface area contributed by atoms with Crippen molar-refractivity contribution >= 4 is 15.6 Å². The summed E-state index contributed by atoms with van der Waals surface area (Å²) in [5.41, 5.74) is 0. The zero-order valence-electron chi connectivity index (χ0n) is 9.23. The highest BCUT2D eigenvalue weighted by atomic mass is 32.2. The van der Waals surface area contributed by atoms with Gasteiger partial charge in [-0.2, -0.15) is 0 Å². The van der Waals surface area contributed by atoms with Gasteiger partial charge in [-0.25, -0.2) is 8.42 Å². The first kappa shape index (κ1) is 13.8. The molecule has 0 aromatic heterocycles. The Kier molecular flexibility index (Phi) is 5.86. The number of hydrogen-bond donors (Lipinski definition) is 0. The number of carbonyl (C=O) groups excluding carboxylic acids is 1. The zero-order chi connectivity index (χ0) is 11.9. The van der Waals surface area contributed by atoms with Gasteiger partial charge in [0.25, 0.3) is 0 Å². The molecule has 84 valence electrons. The molecule has 1 aromatic rings. The lowest BCUT2D eigenvalue weighted by Crippen LogP contribution is -2.13. The summed E-state index contributed by atoms with van der Waals surface area (Å²) in [6.45, 7) is 5.26. The molecule has 0 unspecified atom stereocenters. The molecule has 0 aliphatic heterocycles. The molecule has 0 amide bonds. The SMILES string of the molecule is CC.CC(=O)CS(=O)(=O)c1ccccc1. The molecule has 0 atom stereocenters. The van der Waals surface area contributed by atoms with Gasteiger partial charge in [0.2, 0.25) is 0 Å². The second-order valence-electron chi connectivity index (χ2n) is 2.77. The average Bonchev–Trinajstić information content (AvgIpc) is 2.20. The molecule has 1 rings (SSSR count). The fourth-order valence-electron chi connectivity index (χ4n) is 0.979. The maximum absolute atomic E-state index is 11.4. The van der Waals surface area contributed by atoms with Crippen molar-refractivity contribution in [3.63, 3.8) is 0 Å². The van der Waals surface area contributed by atoms with Crippen LogP contribution in [0.4, 0.5) is 0 Å². The number of benzene rings is 1. The number of ketones is 1. The summed E-state index contributed by atoms with van der Waals surface area (Å²) in [6.07, 6.45) is 0. The minimum atomic E-state index is -3.41. The van der Waals surface area contributed by atoms with Crippen LogP contribution in [0.3, 0.4) is 0 Å². The smallest absolute Gasteiger partial charge is 0.185 e. The molecule has 0 fully saturated rings. The molecule has 0 radical (unpaired) electrons. The Bertz CT molecular complexity index is 393. The van der Waals surface area contributed by atoms with E-state index in [1.807, 2.05) is 13.8 Å². The Morgan fingerprint density at radius 3 is 2.00 bits per heavy atom. The van der Waals surface area contributed by atoms with E-state index in [0.29, 0.717) is 0 Å². The summed E-state index contributed by atoms with van der Waals surface area (Å²) in [7, 11) is -3.41. The van der Waals surface area contributed by atoms with Crippen LogP contribution in [0.25, 0.3) is 0 Å². The van der Waals surface area contributed by atoms with Crippen LogP contribution in [0.2, 0.25) is 0 Å². The zero-order valence-corrected chi connectivity index (χ0v) is 10.0. The number of rotatable bonds is 3. The Morgan fingerprint density at radius 2 is 1.60 bits per heavy atom. The average molecular weight is 228 g/mol. The van der Waals surface area contributed by atoms with Gasteiger partial charge in [0.05, 0.1) is 4.90 Å².